The van der Waals surface area contributed by atoms with Gasteiger partial charge in [0.15, 0.2) is 5.75 Å². The normalized spacial score (nSPS) is 12.6. The molecule has 10 nitrogen and oxygen atoms in total. The van der Waals surface area contributed by atoms with E-state index in [4.69, 9.17) is 4.74 Å². The molecule has 0 bridgehead atoms. The number of aromatic hydroxyl groups is 1. The lowest BCUT2D eigenvalue weighted by molar-refractivity contribution is -0.786. The van der Waals surface area contributed by atoms with Gasteiger partial charge in [-0.3, -0.25) is 9.59 Å². The van der Waals surface area contributed by atoms with Crippen molar-refractivity contribution < 1.29 is 34.3 Å². The van der Waals surface area contributed by atoms with Crippen LogP contribution in [0.1, 0.15) is 54.7 Å². The molecule has 1 aliphatic heterocycles. The van der Waals surface area contributed by atoms with Crippen LogP contribution < -0.4 is 30.4 Å². The molecule has 10 heteroatoms. The summed E-state index contributed by atoms with van der Waals surface area (Å²) < 4.78 is 8.04. The smallest absolute Gasteiger partial charge is 0.251 e. The van der Waals surface area contributed by atoms with Gasteiger partial charge < -0.3 is 39.4 Å². The number of quaternary nitrogens is 2. The first kappa shape index (κ1) is 29.6. The van der Waals surface area contributed by atoms with E-state index in [2.05, 4.69) is 5.32 Å². The Bertz CT molecular complexity index is 1770. The van der Waals surface area contributed by atoms with E-state index in [0.717, 1.165) is 21.2 Å². The summed E-state index contributed by atoms with van der Waals surface area (Å²) in [6, 6.07) is 17.4. The van der Waals surface area contributed by atoms with E-state index in [0.29, 0.717) is 28.3 Å². The number of ether oxygens (including phenoxy) is 1. The fraction of sp³-hybridized carbons (Fsp3) is 0.242. The number of benzene rings is 3. The largest absolute Gasteiger partial charge is 0.545 e. The van der Waals surface area contributed by atoms with E-state index < -0.39 is 29.0 Å². The van der Waals surface area contributed by atoms with Crippen molar-refractivity contribution in [3.8, 4) is 17.2 Å². The highest BCUT2D eigenvalue weighted by Crippen LogP contribution is 2.49. The molecule has 5 rings (SSSR count). The number of nitrogens with one attached hydrogen (secondary N) is 3. The quantitative estimate of drug-likeness (QED) is 0.221. The van der Waals surface area contributed by atoms with Gasteiger partial charge in [0, 0.05) is 59.1 Å². The molecule has 4 N–H and O–H groups in total. The Hall–Kier alpha value is -4.93. The number of carbonyl (C=O) groups is 2. The second-order valence-corrected chi connectivity index (χ2v) is 11.3. The summed E-state index contributed by atoms with van der Waals surface area (Å²) in [6.07, 6.45) is 0. The van der Waals surface area contributed by atoms with Crippen LogP contribution >= 0.6 is 0 Å². The minimum absolute atomic E-state index is 0.119. The average Bonchev–Trinajstić information content (AvgIpc) is 2.97. The Labute approximate surface area is 249 Å². The molecule has 0 radical (unpaired) electrons. The van der Waals surface area contributed by atoms with Crippen molar-refractivity contribution >= 4 is 23.3 Å². The third-order valence-corrected chi connectivity index (χ3v) is 8.08. The fourth-order valence-electron chi connectivity index (χ4n) is 5.52. The number of aromatic nitrogens is 1. The summed E-state index contributed by atoms with van der Waals surface area (Å²) in [7, 11) is 9.68. The Balaban J connectivity index is 1.68. The Kier molecular flexibility index (Phi) is 7.83. The van der Waals surface area contributed by atoms with Gasteiger partial charge in [0.1, 0.15) is 22.9 Å². The molecule has 0 saturated heterocycles. The molecule has 0 saturated carbocycles. The maximum Gasteiger partial charge on any atom is 0.251 e. The minimum atomic E-state index is -1.42. The number of rotatable bonds is 7. The molecule has 0 aliphatic carbocycles. The SMILES string of the molecule is Cc1cc(=O)c(O)c(CNC(=O)c2cccc(C(=O)[O-])c2C2c3ccc([NH+](C)C)cc3Oc3cc([NH+](C)C)ccc32)n1C. The van der Waals surface area contributed by atoms with E-state index in [1.165, 1.54) is 18.2 Å². The molecule has 0 atom stereocenters. The number of pyridine rings is 1. The first-order valence-corrected chi connectivity index (χ1v) is 14.0. The molecule has 3 aromatic carbocycles. The molecular weight excluding hydrogens is 548 g/mol. The van der Waals surface area contributed by atoms with Crippen LogP contribution in [0.2, 0.25) is 0 Å². The number of nitrogens with zero attached hydrogens (tertiary/aromatic N) is 1. The van der Waals surface area contributed by atoms with Gasteiger partial charge in [0.25, 0.3) is 5.91 Å². The lowest BCUT2D eigenvalue weighted by atomic mass is 9.78. The maximum absolute atomic E-state index is 13.8. The predicted octanol–water partition coefficient (Wildman–Crippen LogP) is 0.531. The Morgan fingerprint density at radius 3 is 2.02 bits per heavy atom. The van der Waals surface area contributed by atoms with Crippen LogP contribution in [-0.2, 0) is 13.6 Å². The summed E-state index contributed by atoms with van der Waals surface area (Å²) in [5, 5.41) is 25.7. The highest BCUT2D eigenvalue weighted by molar-refractivity contribution is 6.00. The number of hydrogen-bond acceptors (Lipinski definition) is 6. The summed E-state index contributed by atoms with van der Waals surface area (Å²) >= 11 is 0. The van der Waals surface area contributed by atoms with Crippen molar-refractivity contribution in [2.24, 2.45) is 7.05 Å². The molecule has 2 heterocycles. The van der Waals surface area contributed by atoms with Crippen LogP contribution in [-0.4, -0.2) is 49.7 Å². The highest BCUT2D eigenvalue weighted by atomic mass is 16.5. The zero-order chi connectivity index (χ0) is 31.2. The van der Waals surface area contributed by atoms with E-state index in [1.54, 1.807) is 24.6 Å². The van der Waals surface area contributed by atoms with Crippen molar-refractivity contribution in [2.45, 2.75) is 19.4 Å². The number of aryl methyl sites for hydroxylation is 1. The van der Waals surface area contributed by atoms with Gasteiger partial charge in [-0.15, -0.1) is 0 Å². The van der Waals surface area contributed by atoms with Gasteiger partial charge in [0.05, 0.1) is 46.4 Å². The molecular formula is C33H35N4O6+. The monoisotopic (exact) mass is 583 g/mol. The second-order valence-electron chi connectivity index (χ2n) is 11.3. The Morgan fingerprint density at radius 2 is 1.49 bits per heavy atom. The van der Waals surface area contributed by atoms with Crippen LogP contribution in [0.15, 0.2) is 65.5 Å². The molecule has 4 aromatic rings. The number of carboxylic acids is 1. The zero-order valence-corrected chi connectivity index (χ0v) is 25.0. The molecule has 0 fully saturated rings. The third-order valence-electron chi connectivity index (χ3n) is 8.08. The van der Waals surface area contributed by atoms with Gasteiger partial charge in [-0.2, -0.15) is 0 Å². The Morgan fingerprint density at radius 1 is 0.930 bits per heavy atom. The molecule has 0 spiro atoms. The predicted molar refractivity (Wildman–Crippen MR) is 159 cm³/mol. The van der Waals surface area contributed by atoms with E-state index >= 15 is 0 Å². The van der Waals surface area contributed by atoms with Crippen LogP contribution in [0.5, 0.6) is 17.2 Å². The lowest BCUT2D eigenvalue weighted by Gasteiger charge is -2.32. The van der Waals surface area contributed by atoms with E-state index in [1.807, 2.05) is 64.6 Å². The van der Waals surface area contributed by atoms with Crippen molar-refractivity contribution in [1.82, 2.24) is 9.88 Å². The van der Waals surface area contributed by atoms with Crippen molar-refractivity contribution in [1.29, 1.82) is 0 Å². The van der Waals surface area contributed by atoms with Gasteiger partial charge in [-0.05, 0) is 42.8 Å². The highest BCUT2D eigenvalue weighted by Gasteiger charge is 2.34. The van der Waals surface area contributed by atoms with Crippen molar-refractivity contribution in [3.05, 3.63) is 110 Å². The molecule has 1 amide bonds. The van der Waals surface area contributed by atoms with E-state index in [-0.39, 0.29) is 28.9 Å². The van der Waals surface area contributed by atoms with Gasteiger partial charge in [-0.1, -0.05) is 12.1 Å². The number of hydrogen-bond donors (Lipinski definition) is 4. The number of carboxylic acid groups (broad SMARTS) is 1. The molecule has 0 unspecified atom stereocenters. The van der Waals surface area contributed by atoms with Crippen LogP contribution in [0, 0.1) is 6.92 Å². The number of carbonyl (C=O) groups excluding carboxylic acids is 2. The second kappa shape index (κ2) is 11.4. The number of aromatic carboxylic acids is 1. The third kappa shape index (κ3) is 5.38. The van der Waals surface area contributed by atoms with Gasteiger partial charge in [-0.25, -0.2) is 0 Å². The fourth-order valence-corrected chi connectivity index (χ4v) is 5.52. The number of fused-ring (bicyclic) bond motifs is 2. The number of amides is 1. The lowest BCUT2D eigenvalue weighted by Crippen LogP contribution is -3.00. The zero-order valence-electron chi connectivity index (χ0n) is 25.0. The summed E-state index contributed by atoms with van der Waals surface area (Å²) in [6.45, 7) is 1.57. The summed E-state index contributed by atoms with van der Waals surface area (Å²) in [5.41, 5.74) is 3.95. The van der Waals surface area contributed by atoms with Gasteiger partial charge >= 0.3 is 0 Å². The average molecular weight is 584 g/mol. The maximum atomic E-state index is 13.8. The summed E-state index contributed by atoms with van der Waals surface area (Å²) in [5.74, 6) is -1.96. The first-order valence-electron chi connectivity index (χ1n) is 14.0. The molecule has 222 valence electrons. The molecule has 1 aliphatic rings. The molecule has 1 aromatic heterocycles. The van der Waals surface area contributed by atoms with Gasteiger partial charge in [0.2, 0.25) is 5.43 Å². The van der Waals surface area contributed by atoms with E-state index in [9.17, 15) is 24.6 Å². The van der Waals surface area contributed by atoms with Crippen LogP contribution in [0.3, 0.4) is 0 Å². The van der Waals surface area contributed by atoms with Crippen LogP contribution in [0.25, 0.3) is 0 Å². The van der Waals surface area contributed by atoms with Crippen molar-refractivity contribution in [3.63, 3.8) is 0 Å². The van der Waals surface area contributed by atoms with Crippen molar-refractivity contribution in [2.75, 3.05) is 28.2 Å². The molecule has 43 heavy (non-hydrogen) atoms. The standard InChI is InChI=1S/C33H34N4O6/c1-18-14-26(38)31(39)25(37(18)6)17-34-32(40)23-8-7-9-24(33(41)42)30(23)29-21-12-10-19(35(2)3)15-27(21)43-28-16-20(36(4)5)11-13-22(28)29/h7-16,29,39H,17H2,1-6H3,(H,34,40)(H,41,42)/p+1. The summed E-state index contributed by atoms with van der Waals surface area (Å²) in [4.78, 5) is 40.8. The first-order chi connectivity index (χ1) is 20.4. The topological polar surface area (TPSA) is 130 Å². The van der Waals surface area contributed by atoms with Crippen LogP contribution in [0.4, 0.5) is 11.4 Å². The minimum Gasteiger partial charge on any atom is -0.545 e.